The third kappa shape index (κ3) is 5.44. The number of nitrogens with zero attached hydrogens (tertiary/aromatic N) is 2. The fourth-order valence-electron chi connectivity index (χ4n) is 2.70. The summed E-state index contributed by atoms with van der Waals surface area (Å²) < 4.78 is 18.4. The Morgan fingerprint density at radius 2 is 1.92 bits per heavy atom. The van der Waals surface area contributed by atoms with Crippen molar-refractivity contribution in [2.45, 2.75) is 33.7 Å². The van der Waals surface area contributed by atoms with Crippen molar-refractivity contribution in [3.05, 3.63) is 58.7 Å². The van der Waals surface area contributed by atoms with Crippen LogP contribution in [0.15, 0.2) is 35.5 Å². The fraction of sp³-hybridized carbons (Fsp3) is 0.400. The molecule has 1 heterocycles. The summed E-state index contributed by atoms with van der Waals surface area (Å²) in [6.45, 7) is 7.95. The van der Waals surface area contributed by atoms with Crippen LogP contribution in [-0.2, 0) is 13.0 Å². The number of hydrogen-bond acceptors (Lipinski definition) is 3. The van der Waals surface area contributed by atoms with Crippen LogP contribution in [0.3, 0.4) is 0 Å². The molecule has 0 aliphatic carbocycles. The van der Waals surface area contributed by atoms with Crippen LogP contribution >= 0.6 is 0 Å². The lowest BCUT2D eigenvalue weighted by Crippen LogP contribution is -2.38. The second-order valence-corrected chi connectivity index (χ2v) is 6.04. The Balaban J connectivity index is 1.99. The Bertz CT molecular complexity index is 744. The average Bonchev–Trinajstić information content (AvgIpc) is 2.63. The molecule has 2 rings (SSSR count). The van der Waals surface area contributed by atoms with Crippen LogP contribution < -0.4 is 15.4 Å². The number of benzene rings is 1. The molecule has 0 atom stereocenters. The Morgan fingerprint density at radius 1 is 1.19 bits per heavy atom. The number of pyridine rings is 1. The molecule has 2 aromatic rings. The lowest BCUT2D eigenvalue weighted by atomic mass is 10.1. The monoisotopic (exact) mass is 358 g/mol. The highest BCUT2D eigenvalue weighted by Gasteiger charge is 2.09. The summed E-state index contributed by atoms with van der Waals surface area (Å²) in [5, 5.41) is 6.53. The normalized spacial score (nSPS) is 11.3. The van der Waals surface area contributed by atoms with Crippen LogP contribution in [0, 0.1) is 19.7 Å². The molecule has 0 saturated carbocycles. The minimum atomic E-state index is -0.215. The van der Waals surface area contributed by atoms with Crippen molar-refractivity contribution in [2.24, 2.45) is 4.99 Å². The maximum Gasteiger partial charge on any atom is 0.191 e. The number of halogens is 1. The van der Waals surface area contributed by atoms with Gasteiger partial charge in [-0.1, -0.05) is 12.1 Å². The third-order valence-corrected chi connectivity index (χ3v) is 4.10. The van der Waals surface area contributed by atoms with E-state index in [2.05, 4.69) is 20.6 Å². The van der Waals surface area contributed by atoms with Gasteiger partial charge < -0.3 is 15.4 Å². The van der Waals surface area contributed by atoms with Crippen LogP contribution in [0.2, 0.25) is 0 Å². The van der Waals surface area contributed by atoms with Crippen molar-refractivity contribution >= 4 is 5.96 Å². The standard InChI is InChI=1S/C20H27FN4O/c1-5-22-20(23-11-10-16-6-8-17(21)9-7-16)25-13-18-15(3)19(26-4)14(2)12-24-18/h6-9,12H,5,10-11,13H2,1-4H3,(H2,22,23,25). The Kier molecular flexibility index (Phi) is 7.38. The molecule has 0 aliphatic rings. The van der Waals surface area contributed by atoms with Crippen LogP contribution in [0.1, 0.15) is 29.3 Å². The number of rotatable bonds is 7. The molecule has 2 N–H and O–H groups in total. The van der Waals surface area contributed by atoms with Crippen molar-refractivity contribution in [2.75, 3.05) is 20.2 Å². The highest BCUT2D eigenvalue weighted by Crippen LogP contribution is 2.24. The van der Waals surface area contributed by atoms with Crippen molar-refractivity contribution in [1.82, 2.24) is 15.6 Å². The number of nitrogens with one attached hydrogen (secondary N) is 2. The van der Waals surface area contributed by atoms with E-state index in [1.807, 2.05) is 27.0 Å². The van der Waals surface area contributed by atoms with E-state index in [9.17, 15) is 4.39 Å². The fourth-order valence-corrected chi connectivity index (χ4v) is 2.70. The maximum absolute atomic E-state index is 13.0. The number of aromatic nitrogens is 1. The van der Waals surface area contributed by atoms with Crippen LogP contribution in [0.25, 0.3) is 0 Å². The summed E-state index contributed by atoms with van der Waals surface area (Å²) in [5.41, 5.74) is 4.00. The summed E-state index contributed by atoms with van der Waals surface area (Å²) in [7, 11) is 1.67. The van der Waals surface area contributed by atoms with Crippen molar-refractivity contribution < 1.29 is 9.13 Å². The van der Waals surface area contributed by atoms with Gasteiger partial charge in [0.05, 0.1) is 19.3 Å². The topological polar surface area (TPSA) is 58.5 Å². The number of ether oxygens (including phenoxy) is 1. The predicted molar refractivity (Wildman–Crippen MR) is 103 cm³/mol. The van der Waals surface area contributed by atoms with E-state index in [1.165, 1.54) is 12.1 Å². The maximum atomic E-state index is 13.0. The van der Waals surface area contributed by atoms with Crippen molar-refractivity contribution in [3.63, 3.8) is 0 Å². The molecular formula is C20H27FN4O. The second kappa shape index (κ2) is 9.75. The SMILES string of the molecule is CCNC(=NCc1ncc(C)c(OC)c1C)NCCc1ccc(F)cc1. The lowest BCUT2D eigenvalue weighted by Gasteiger charge is -2.13. The molecule has 0 bridgehead atoms. The number of methoxy groups -OCH3 is 1. The van der Waals surface area contributed by atoms with Crippen LogP contribution in [0.4, 0.5) is 4.39 Å². The Labute approximate surface area is 154 Å². The van der Waals surface area contributed by atoms with E-state index < -0.39 is 0 Å². The first kappa shape index (κ1) is 19.7. The third-order valence-electron chi connectivity index (χ3n) is 4.10. The zero-order valence-electron chi connectivity index (χ0n) is 15.9. The number of aryl methyl sites for hydroxylation is 1. The van der Waals surface area contributed by atoms with Gasteiger partial charge in [0.1, 0.15) is 11.6 Å². The van der Waals surface area contributed by atoms with Gasteiger partial charge in [-0.05, 0) is 44.9 Å². The first-order valence-corrected chi connectivity index (χ1v) is 8.80. The summed E-state index contributed by atoms with van der Waals surface area (Å²) in [6.07, 6.45) is 2.60. The molecule has 0 saturated heterocycles. The van der Waals surface area contributed by atoms with Gasteiger partial charge in [-0.3, -0.25) is 4.98 Å². The number of aliphatic imine (C=N–C) groups is 1. The van der Waals surface area contributed by atoms with Gasteiger partial charge in [-0.25, -0.2) is 9.38 Å². The Hall–Kier alpha value is -2.63. The predicted octanol–water partition coefficient (Wildman–Crippen LogP) is 3.14. The van der Waals surface area contributed by atoms with Gasteiger partial charge in [0.25, 0.3) is 0 Å². The molecule has 0 fully saturated rings. The highest BCUT2D eigenvalue weighted by molar-refractivity contribution is 5.79. The molecule has 0 radical (unpaired) electrons. The van der Waals surface area contributed by atoms with Crippen LogP contribution in [0.5, 0.6) is 5.75 Å². The zero-order chi connectivity index (χ0) is 18.9. The lowest BCUT2D eigenvalue weighted by molar-refractivity contribution is 0.407. The molecule has 5 nitrogen and oxygen atoms in total. The summed E-state index contributed by atoms with van der Waals surface area (Å²) >= 11 is 0. The minimum Gasteiger partial charge on any atom is -0.496 e. The molecule has 0 spiro atoms. The smallest absolute Gasteiger partial charge is 0.191 e. The van der Waals surface area contributed by atoms with Crippen molar-refractivity contribution in [1.29, 1.82) is 0 Å². The minimum absolute atomic E-state index is 0.215. The molecule has 1 aromatic carbocycles. The molecule has 26 heavy (non-hydrogen) atoms. The largest absolute Gasteiger partial charge is 0.496 e. The van der Waals surface area contributed by atoms with E-state index in [-0.39, 0.29) is 5.82 Å². The van der Waals surface area contributed by atoms with E-state index in [4.69, 9.17) is 4.74 Å². The van der Waals surface area contributed by atoms with E-state index in [0.717, 1.165) is 47.1 Å². The second-order valence-electron chi connectivity index (χ2n) is 6.04. The van der Waals surface area contributed by atoms with E-state index in [1.54, 1.807) is 19.2 Å². The molecule has 0 amide bonds. The van der Waals surface area contributed by atoms with E-state index in [0.29, 0.717) is 13.1 Å². The average molecular weight is 358 g/mol. The number of guanidine groups is 1. The molecule has 1 aromatic heterocycles. The molecule has 0 unspecified atom stereocenters. The summed E-state index contributed by atoms with van der Waals surface area (Å²) in [4.78, 5) is 9.09. The van der Waals surface area contributed by atoms with E-state index >= 15 is 0 Å². The Morgan fingerprint density at radius 3 is 2.58 bits per heavy atom. The van der Waals surface area contributed by atoms with Crippen LogP contribution in [-0.4, -0.2) is 31.1 Å². The molecule has 6 heteroatoms. The first-order valence-electron chi connectivity index (χ1n) is 8.80. The van der Waals surface area contributed by atoms with Gasteiger partial charge >= 0.3 is 0 Å². The molecular weight excluding hydrogens is 331 g/mol. The first-order chi connectivity index (χ1) is 12.5. The van der Waals surface area contributed by atoms with Gasteiger partial charge in [0.2, 0.25) is 0 Å². The zero-order valence-corrected chi connectivity index (χ0v) is 15.9. The van der Waals surface area contributed by atoms with Crippen molar-refractivity contribution in [3.8, 4) is 5.75 Å². The molecule has 140 valence electrons. The van der Waals surface area contributed by atoms with Gasteiger partial charge in [-0.2, -0.15) is 0 Å². The molecule has 0 aliphatic heterocycles. The van der Waals surface area contributed by atoms with Gasteiger partial charge in [-0.15, -0.1) is 0 Å². The van der Waals surface area contributed by atoms with Gasteiger partial charge in [0, 0.05) is 30.4 Å². The quantitative estimate of drug-likeness (QED) is 0.590. The van der Waals surface area contributed by atoms with Gasteiger partial charge in [0.15, 0.2) is 5.96 Å². The summed E-state index contributed by atoms with van der Waals surface area (Å²) in [6, 6.07) is 6.56. The highest BCUT2D eigenvalue weighted by atomic mass is 19.1. The number of hydrogen-bond donors (Lipinski definition) is 2. The summed E-state index contributed by atoms with van der Waals surface area (Å²) in [5.74, 6) is 1.38.